The van der Waals surface area contributed by atoms with Gasteiger partial charge in [0.05, 0.1) is 19.6 Å². The van der Waals surface area contributed by atoms with Gasteiger partial charge in [0, 0.05) is 25.3 Å². The molecule has 1 N–H and O–H groups in total. The second-order valence-electron chi connectivity index (χ2n) is 6.40. The highest BCUT2D eigenvalue weighted by Crippen LogP contribution is 2.23. The zero-order valence-electron chi connectivity index (χ0n) is 13.2. The number of hydrogen-bond donors (Lipinski definition) is 1. The number of anilines is 1. The zero-order valence-corrected chi connectivity index (χ0v) is 13.2. The van der Waals surface area contributed by atoms with Gasteiger partial charge >= 0.3 is 0 Å². The Morgan fingerprint density at radius 3 is 2.50 bits per heavy atom. The molecule has 1 aromatic carbocycles. The van der Waals surface area contributed by atoms with Crippen LogP contribution in [0.5, 0.6) is 0 Å². The summed E-state index contributed by atoms with van der Waals surface area (Å²) in [5.74, 6) is 0.846. The van der Waals surface area contributed by atoms with Gasteiger partial charge in [0.1, 0.15) is 0 Å². The maximum absolute atomic E-state index is 12.0. The number of amides is 1. The van der Waals surface area contributed by atoms with E-state index in [2.05, 4.69) is 34.5 Å². The Kier molecular flexibility index (Phi) is 5.33. The van der Waals surface area contributed by atoms with Crippen molar-refractivity contribution in [1.82, 2.24) is 5.32 Å². The summed E-state index contributed by atoms with van der Waals surface area (Å²) in [4.78, 5) is 14.3. The van der Waals surface area contributed by atoms with E-state index >= 15 is 0 Å². The maximum Gasteiger partial charge on any atom is 0.224 e. The van der Waals surface area contributed by atoms with E-state index in [9.17, 15) is 4.79 Å². The standard InChI is InChI=1S/C18H26N2O2/c21-18(19-14-16-3-1-2-4-16)13-15-5-7-17(8-6-15)20-9-11-22-12-10-20/h5-8,16H,1-4,9-14H2,(H,19,21). The lowest BCUT2D eigenvalue weighted by atomic mass is 10.1. The molecule has 2 fully saturated rings. The number of nitrogens with one attached hydrogen (secondary N) is 1. The SMILES string of the molecule is O=C(Cc1ccc(N2CCOCC2)cc1)NCC1CCCC1. The van der Waals surface area contributed by atoms with Crippen LogP contribution in [0.4, 0.5) is 5.69 Å². The van der Waals surface area contributed by atoms with Gasteiger partial charge in [-0.25, -0.2) is 0 Å². The third-order valence-electron chi connectivity index (χ3n) is 4.74. The van der Waals surface area contributed by atoms with Crippen molar-refractivity contribution in [3.8, 4) is 0 Å². The molecule has 4 heteroatoms. The first kappa shape index (κ1) is 15.3. The lowest BCUT2D eigenvalue weighted by Crippen LogP contribution is -2.36. The molecule has 1 aromatic rings. The summed E-state index contributed by atoms with van der Waals surface area (Å²) < 4.78 is 5.37. The highest BCUT2D eigenvalue weighted by Gasteiger charge is 2.16. The van der Waals surface area contributed by atoms with Gasteiger partial charge in [0.25, 0.3) is 0 Å². The van der Waals surface area contributed by atoms with E-state index in [1.165, 1.54) is 31.4 Å². The minimum atomic E-state index is 0.144. The molecule has 1 saturated heterocycles. The minimum absolute atomic E-state index is 0.144. The van der Waals surface area contributed by atoms with E-state index in [4.69, 9.17) is 4.74 Å². The van der Waals surface area contributed by atoms with Gasteiger partial charge in [-0.05, 0) is 36.5 Å². The van der Waals surface area contributed by atoms with Crippen LogP contribution in [-0.2, 0) is 16.0 Å². The van der Waals surface area contributed by atoms with Crippen LogP contribution in [0.15, 0.2) is 24.3 Å². The van der Waals surface area contributed by atoms with Crippen LogP contribution in [0.3, 0.4) is 0 Å². The molecule has 0 aromatic heterocycles. The predicted molar refractivity (Wildman–Crippen MR) is 88.1 cm³/mol. The fourth-order valence-corrected chi connectivity index (χ4v) is 3.37. The van der Waals surface area contributed by atoms with Crippen molar-refractivity contribution in [3.05, 3.63) is 29.8 Å². The van der Waals surface area contributed by atoms with Crippen molar-refractivity contribution in [2.24, 2.45) is 5.92 Å². The fraction of sp³-hybridized carbons (Fsp3) is 0.611. The fourth-order valence-electron chi connectivity index (χ4n) is 3.37. The van der Waals surface area contributed by atoms with Crippen molar-refractivity contribution in [3.63, 3.8) is 0 Å². The van der Waals surface area contributed by atoms with Gasteiger partial charge in [-0.2, -0.15) is 0 Å². The molecular formula is C18H26N2O2. The number of carbonyl (C=O) groups excluding carboxylic acids is 1. The summed E-state index contributed by atoms with van der Waals surface area (Å²) in [5.41, 5.74) is 2.30. The molecule has 2 aliphatic rings. The molecule has 0 radical (unpaired) electrons. The molecule has 1 amide bonds. The van der Waals surface area contributed by atoms with Gasteiger partial charge in [-0.15, -0.1) is 0 Å². The van der Waals surface area contributed by atoms with Crippen molar-refractivity contribution >= 4 is 11.6 Å². The molecule has 120 valence electrons. The molecule has 0 bridgehead atoms. The molecule has 0 atom stereocenters. The van der Waals surface area contributed by atoms with Crippen LogP contribution in [0, 0.1) is 5.92 Å². The van der Waals surface area contributed by atoms with E-state index in [0.29, 0.717) is 12.3 Å². The van der Waals surface area contributed by atoms with Crippen LogP contribution in [-0.4, -0.2) is 38.8 Å². The predicted octanol–water partition coefficient (Wildman–Crippen LogP) is 2.37. The Hall–Kier alpha value is -1.55. The average Bonchev–Trinajstić information content (AvgIpc) is 3.08. The normalized spacial score (nSPS) is 19.4. The second kappa shape index (κ2) is 7.63. The molecule has 3 rings (SSSR count). The van der Waals surface area contributed by atoms with E-state index < -0.39 is 0 Å². The zero-order chi connectivity index (χ0) is 15.2. The van der Waals surface area contributed by atoms with Gasteiger partial charge in [0.2, 0.25) is 5.91 Å². The Bertz CT molecular complexity index is 474. The Balaban J connectivity index is 1.46. The maximum atomic E-state index is 12.0. The Morgan fingerprint density at radius 1 is 1.14 bits per heavy atom. The molecule has 22 heavy (non-hydrogen) atoms. The summed E-state index contributed by atoms with van der Waals surface area (Å²) in [6.07, 6.45) is 5.67. The summed E-state index contributed by atoms with van der Waals surface area (Å²) in [6.45, 7) is 4.34. The third-order valence-corrected chi connectivity index (χ3v) is 4.74. The van der Waals surface area contributed by atoms with Gasteiger partial charge in [0.15, 0.2) is 0 Å². The number of ether oxygens (including phenoxy) is 1. The van der Waals surface area contributed by atoms with Crippen molar-refractivity contribution in [2.45, 2.75) is 32.1 Å². The summed E-state index contributed by atoms with van der Waals surface area (Å²) in [5, 5.41) is 3.09. The van der Waals surface area contributed by atoms with Crippen LogP contribution in [0.2, 0.25) is 0 Å². The van der Waals surface area contributed by atoms with Gasteiger partial charge in [-0.3, -0.25) is 4.79 Å². The first-order chi connectivity index (χ1) is 10.8. The monoisotopic (exact) mass is 302 g/mol. The number of carbonyl (C=O) groups is 1. The highest BCUT2D eigenvalue weighted by atomic mass is 16.5. The van der Waals surface area contributed by atoms with Crippen LogP contribution >= 0.6 is 0 Å². The van der Waals surface area contributed by atoms with Crippen molar-refractivity contribution in [1.29, 1.82) is 0 Å². The van der Waals surface area contributed by atoms with Gasteiger partial charge < -0.3 is 15.0 Å². The molecule has 4 nitrogen and oxygen atoms in total. The molecule has 1 heterocycles. The van der Waals surface area contributed by atoms with E-state index in [1.807, 2.05) is 0 Å². The van der Waals surface area contributed by atoms with E-state index in [0.717, 1.165) is 38.4 Å². The van der Waals surface area contributed by atoms with Crippen molar-refractivity contribution < 1.29 is 9.53 Å². The van der Waals surface area contributed by atoms with Crippen LogP contribution in [0.1, 0.15) is 31.2 Å². The van der Waals surface area contributed by atoms with Crippen LogP contribution < -0.4 is 10.2 Å². The molecule has 1 aliphatic carbocycles. The van der Waals surface area contributed by atoms with E-state index in [1.54, 1.807) is 0 Å². The molecule has 1 aliphatic heterocycles. The molecule has 0 spiro atoms. The number of morpholine rings is 1. The van der Waals surface area contributed by atoms with Crippen LogP contribution in [0.25, 0.3) is 0 Å². The minimum Gasteiger partial charge on any atom is -0.378 e. The number of hydrogen-bond acceptors (Lipinski definition) is 3. The molecule has 0 unspecified atom stereocenters. The smallest absolute Gasteiger partial charge is 0.224 e. The largest absolute Gasteiger partial charge is 0.378 e. The summed E-state index contributed by atoms with van der Waals surface area (Å²) >= 11 is 0. The Morgan fingerprint density at radius 2 is 1.82 bits per heavy atom. The highest BCUT2D eigenvalue weighted by molar-refractivity contribution is 5.78. The number of rotatable bonds is 5. The summed E-state index contributed by atoms with van der Waals surface area (Å²) in [7, 11) is 0. The first-order valence-corrected chi connectivity index (χ1v) is 8.49. The lowest BCUT2D eigenvalue weighted by molar-refractivity contribution is -0.120. The Labute approximate surface area is 132 Å². The van der Waals surface area contributed by atoms with E-state index in [-0.39, 0.29) is 5.91 Å². The number of nitrogens with zero attached hydrogens (tertiary/aromatic N) is 1. The molecule has 1 saturated carbocycles. The topological polar surface area (TPSA) is 41.6 Å². The molecular weight excluding hydrogens is 276 g/mol. The average molecular weight is 302 g/mol. The quantitative estimate of drug-likeness (QED) is 0.908. The summed E-state index contributed by atoms with van der Waals surface area (Å²) in [6, 6.07) is 8.37. The second-order valence-corrected chi connectivity index (χ2v) is 6.40. The number of benzene rings is 1. The lowest BCUT2D eigenvalue weighted by Gasteiger charge is -2.28. The van der Waals surface area contributed by atoms with Crippen molar-refractivity contribution in [2.75, 3.05) is 37.7 Å². The van der Waals surface area contributed by atoms with Gasteiger partial charge in [-0.1, -0.05) is 25.0 Å². The first-order valence-electron chi connectivity index (χ1n) is 8.49. The third kappa shape index (κ3) is 4.23.